The van der Waals surface area contributed by atoms with E-state index >= 15 is 0 Å². The molecule has 3 rings (SSSR count). The van der Waals surface area contributed by atoms with E-state index in [9.17, 15) is 14.0 Å². The first-order valence-electron chi connectivity index (χ1n) is 7.67. The fourth-order valence-corrected chi connectivity index (χ4v) is 3.67. The third kappa shape index (κ3) is 3.97. The summed E-state index contributed by atoms with van der Waals surface area (Å²) in [7, 11) is 0. The number of nitrogens with one attached hydrogen (secondary N) is 2. The molecule has 1 unspecified atom stereocenters. The van der Waals surface area contributed by atoms with E-state index in [1.165, 1.54) is 18.4 Å². The second kappa shape index (κ2) is 7.53. The van der Waals surface area contributed by atoms with Gasteiger partial charge in [-0.05, 0) is 42.3 Å². The van der Waals surface area contributed by atoms with Gasteiger partial charge in [-0.25, -0.2) is 4.39 Å². The molecular formula is C17H17FN2O3S. The van der Waals surface area contributed by atoms with Crippen LogP contribution >= 0.6 is 11.8 Å². The van der Waals surface area contributed by atoms with E-state index in [1.807, 2.05) is 0 Å². The highest BCUT2D eigenvalue weighted by molar-refractivity contribution is 7.99. The topological polar surface area (TPSA) is 71.3 Å². The van der Waals surface area contributed by atoms with Crippen molar-refractivity contribution in [3.05, 3.63) is 53.7 Å². The average Bonchev–Trinajstić information content (AvgIpc) is 3.10. The molecule has 0 saturated heterocycles. The summed E-state index contributed by atoms with van der Waals surface area (Å²) < 4.78 is 18.4. The summed E-state index contributed by atoms with van der Waals surface area (Å²) >= 11 is 1.66. The normalized spacial score (nSPS) is 16.3. The zero-order chi connectivity index (χ0) is 16.9. The number of hydrogen-bond acceptors (Lipinski definition) is 4. The maximum atomic E-state index is 13.5. The van der Waals surface area contributed by atoms with Crippen LogP contribution in [0.5, 0.6) is 0 Å². The minimum absolute atomic E-state index is 0.154. The molecule has 0 radical (unpaired) electrons. The molecule has 1 aromatic heterocycles. The van der Waals surface area contributed by atoms with Crippen molar-refractivity contribution < 1.29 is 18.4 Å². The highest BCUT2D eigenvalue weighted by Gasteiger charge is 2.22. The number of carbonyl (C=O) groups excluding carboxylic acids is 2. The summed E-state index contributed by atoms with van der Waals surface area (Å²) in [5, 5.41) is 5.54. The van der Waals surface area contributed by atoms with E-state index in [-0.39, 0.29) is 42.4 Å². The number of carbonyl (C=O) groups is 2. The van der Waals surface area contributed by atoms with Crippen LogP contribution in [0.15, 0.2) is 45.9 Å². The predicted molar refractivity (Wildman–Crippen MR) is 88.3 cm³/mol. The minimum atomic E-state index is -0.353. The lowest BCUT2D eigenvalue weighted by Crippen LogP contribution is -2.34. The van der Waals surface area contributed by atoms with E-state index in [4.69, 9.17) is 4.42 Å². The van der Waals surface area contributed by atoms with Crippen LogP contribution in [-0.2, 0) is 4.79 Å². The third-order valence-electron chi connectivity index (χ3n) is 3.73. The van der Waals surface area contributed by atoms with E-state index in [2.05, 4.69) is 10.6 Å². The molecule has 2 aromatic rings. The SMILES string of the molecule is O=C(CCNC(=O)c1ccco1)NC1CCSc2ccc(F)cc21. The molecule has 5 nitrogen and oxygen atoms in total. The minimum Gasteiger partial charge on any atom is -0.459 e. The lowest BCUT2D eigenvalue weighted by molar-refractivity contribution is -0.121. The number of amides is 2. The first-order valence-corrected chi connectivity index (χ1v) is 8.65. The zero-order valence-corrected chi connectivity index (χ0v) is 13.7. The average molecular weight is 348 g/mol. The maximum Gasteiger partial charge on any atom is 0.286 e. The number of thioether (sulfide) groups is 1. The molecule has 1 aliphatic heterocycles. The highest BCUT2D eigenvalue weighted by Crippen LogP contribution is 2.36. The Morgan fingerprint density at radius 1 is 1.33 bits per heavy atom. The third-order valence-corrected chi connectivity index (χ3v) is 4.85. The standard InChI is InChI=1S/C17H17FN2O3S/c18-11-3-4-15-12(10-11)13(6-9-24-15)20-16(21)5-7-19-17(22)14-2-1-8-23-14/h1-4,8,10,13H,5-7,9H2,(H,19,22)(H,20,21). The van der Waals surface area contributed by atoms with Gasteiger partial charge in [-0.15, -0.1) is 11.8 Å². The number of hydrogen-bond donors (Lipinski definition) is 2. The van der Waals surface area contributed by atoms with Crippen molar-refractivity contribution in [3.63, 3.8) is 0 Å². The van der Waals surface area contributed by atoms with E-state index in [0.29, 0.717) is 0 Å². The Kier molecular flexibility index (Phi) is 5.20. The summed E-state index contributed by atoms with van der Waals surface area (Å²) in [6.07, 6.45) is 2.33. The van der Waals surface area contributed by atoms with Crippen molar-refractivity contribution in [2.24, 2.45) is 0 Å². The van der Waals surface area contributed by atoms with Gasteiger partial charge in [-0.3, -0.25) is 9.59 Å². The summed E-state index contributed by atoms with van der Waals surface area (Å²) in [4.78, 5) is 24.8. The number of furan rings is 1. The van der Waals surface area contributed by atoms with Crippen LogP contribution in [0.1, 0.15) is 35.0 Å². The molecule has 24 heavy (non-hydrogen) atoms. The van der Waals surface area contributed by atoms with E-state index in [1.54, 1.807) is 30.0 Å². The smallest absolute Gasteiger partial charge is 0.286 e. The highest BCUT2D eigenvalue weighted by atomic mass is 32.2. The molecule has 126 valence electrons. The van der Waals surface area contributed by atoms with Gasteiger partial charge in [0.15, 0.2) is 5.76 Å². The molecule has 0 aliphatic carbocycles. The lowest BCUT2D eigenvalue weighted by atomic mass is 10.0. The van der Waals surface area contributed by atoms with Crippen LogP contribution in [-0.4, -0.2) is 24.1 Å². The van der Waals surface area contributed by atoms with Crippen LogP contribution in [0.4, 0.5) is 4.39 Å². The quantitative estimate of drug-likeness (QED) is 0.872. The van der Waals surface area contributed by atoms with Crippen LogP contribution in [0, 0.1) is 5.82 Å². The molecule has 0 fully saturated rings. The van der Waals surface area contributed by atoms with Gasteiger partial charge in [0.2, 0.25) is 5.91 Å². The monoisotopic (exact) mass is 348 g/mol. The van der Waals surface area contributed by atoms with Gasteiger partial charge in [-0.1, -0.05) is 0 Å². The van der Waals surface area contributed by atoms with E-state index < -0.39 is 0 Å². The van der Waals surface area contributed by atoms with Gasteiger partial charge in [0.1, 0.15) is 5.82 Å². The molecule has 1 atom stereocenters. The fourth-order valence-electron chi connectivity index (χ4n) is 2.57. The van der Waals surface area contributed by atoms with Gasteiger partial charge in [0, 0.05) is 23.6 Å². The van der Waals surface area contributed by atoms with Crippen LogP contribution in [0.2, 0.25) is 0 Å². The van der Waals surface area contributed by atoms with Gasteiger partial charge in [-0.2, -0.15) is 0 Å². The first-order chi connectivity index (χ1) is 11.6. The summed E-state index contributed by atoms with van der Waals surface area (Å²) in [6.45, 7) is 0.211. The molecule has 0 saturated carbocycles. The lowest BCUT2D eigenvalue weighted by Gasteiger charge is -2.26. The molecule has 1 aliphatic rings. The Morgan fingerprint density at radius 2 is 2.21 bits per heavy atom. The summed E-state index contributed by atoms with van der Waals surface area (Å²) in [5.74, 6) is 0.250. The molecule has 2 amide bonds. The second-order valence-electron chi connectivity index (χ2n) is 5.42. The van der Waals surface area contributed by atoms with Gasteiger partial charge < -0.3 is 15.1 Å². The van der Waals surface area contributed by atoms with Gasteiger partial charge in [0.05, 0.1) is 12.3 Å². The number of rotatable bonds is 5. The van der Waals surface area contributed by atoms with Gasteiger partial charge >= 0.3 is 0 Å². The Morgan fingerprint density at radius 3 is 3.00 bits per heavy atom. The molecule has 2 heterocycles. The Hall–Kier alpha value is -2.28. The van der Waals surface area contributed by atoms with Crippen molar-refractivity contribution in [2.45, 2.75) is 23.8 Å². The van der Waals surface area contributed by atoms with E-state index in [0.717, 1.165) is 22.6 Å². The van der Waals surface area contributed by atoms with Crippen molar-refractivity contribution in [1.29, 1.82) is 0 Å². The Bertz CT molecular complexity index is 733. The number of fused-ring (bicyclic) bond motifs is 1. The second-order valence-corrected chi connectivity index (χ2v) is 6.56. The van der Waals surface area contributed by atoms with Crippen LogP contribution < -0.4 is 10.6 Å². The largest absolute Gasteiger partial charge is 0.459 e. The number of halogens is 1. The maximum absolute atomic E-state index is 13.5. The van der Waals surface area contributed by atoms with Crippen molar-refractivity contribution in [1.82, 2.24) is 10.6 Å². The number of benzene rings is 1. The van der Waals surface area contributed by atoms with Crippen LogP contribution in [0.3, 0.4) is 0 Å². The van der Waals surface area contributed by atoms with Gasteiger partial charge in [0.25, 0.3) is 5.91 Å². The molecule has 7 heteroatoms. The summed E-state index contributed by atoms with van der Waals surface area (Å²) in [6, 6.07) is 7.65. The summed E-state index contributed by atoms with van der Waals surface area (Å²) in [5.41, 5.74) is 0.819. The van der Waals surface area contributed by atoms with Crippen LogP contribution in [0.25, 0.3) is 0 Å². The fraction of sp³-hybridized carbons (Fsp3) is 0.294. The Labute approximate surface area is 143 Å². The first kappa shape index (κ1) is 16.6. The van der Waals surface area contributed by atoms with Crippen molar-refractivity contribution >= 4 is 23.6 Å². The zero-order valence-electron chi connectivity index (χ0n) is 12.9. The van der Waals surface area contributed by atoms with Crippen molar-refractivity contribution in [2.75, 3.05) is 12.3 Å². The molecule has 1 aromatic carbocycles. The molecule has 2 N–H and O–H groups in total. The van der Waals surface area contributed by atoms with Crippen molar-refractivity contribution in [3.8, 4) is 0 Å². The molecule has 0 bridgehead atoms. The predicted octanol–water partition coefficient (Wildman–Crippen LogP) is 2.89. The molecular weight excluding hydrogens is 331 g/mol. The Balaban J connectivity index is 1.51. The molecule has 0 spiro atoms.